The minimum atomic E-state index is -0.384. The van der Waals surface area contributed by atoms with E-state index in [4.69, 9.17) is 9.47 Å². The van der Waals surface area contributed by atoms with Crippen molar-refractivity contribution in [2.75, 3.05) is 14.2 Å². The molecule has 0 spiro atoms. The number of nitrogens with zero attached hydrogens (tertiary/aromatic N) is 3. The second-order valence-corrected chi connectivity index (χ2v) is 8.07. The lowest BCUT2D eigenvalue weighted by Crippen LogP contribution is -2.16. The van der Waals surface area contributed by atoms with Crippen LogP contribution in [-0.2, 0) is 6.54 Å². The predicted molar refractivity (Wildman–Crippen MR) is 120 cm³/mol. The largest absolute Gasteiger partial charge is 0.497 e. The highest BCUT2D eigenvalue weighted by Crippen LogP contribution is 2.32. The van der Waals surface area contributed by atoms with Gasteiger partial charge in [-0.1, -0.05) is 41.6 Å². The van der Waals surface area contributed by atoms with Crippen molar-refractivity contribution in [2.24, 2.45) is 0 Å². The van der Waals surface area contributed by atoms with Gasteiger partial charge in [0.15, 0.2) is 16.8 Å². The van der Waals surface area contributed by atoms with Gasteiger partial charge in [-0.15, -0.1) is 16.8 Å². The molecule has 2 aromatic carbocycles. The number of rotatable bonds is 9. The number of Topliss-reactive ketones (excluding diaryl/α,β-unsaturated/α-hetero) is 1. The molecule has 7 heteroatoms. The number of carbonyl (C=O) groups is 1. The zero-order valence-corrected chi connectivity index (χ0v) is 18.4. The van der Waals surface area contributed by atoms with Gasteiger partial charge < -0.3 is 9.47 Å². The summed E-state index contributed by atoms with van der Waals surface area (Å²) in [5, 5.41) is 9.01. The number of methoxy groups -OCH3 is 2. The van der Waals surface area contributed by atoms with Crippen LogP contribution in [0.5, 0.6) is 11.5 Å². The number of benzene rings is 2. The molecule has 0 bridgehead atoms. The molecule has 6 nitrogen and oxygen atoms in total. The van der Waals surface area contributed by atoms with Crippen molar-refractivity contribution < 1.29 is 14.3 Å². The van der Waals surface area contributed by atoms with Crippen molar-refractivity contribution in [3.05, 3.63) is 66.2 Å². The second kappa shape index (κ2) is 9.63. The standard InChI is InChI=1S/C23H25N3O3S/c1-6-12-26-22(17-9-7-8-15(2)13-17)24-25-23(26)30-16(3)21(27)19-11-10-18(28-4)14-20(19)29-5/h6-11,13-14,16H,1,12H2,2-5H3/t16-/m1/s1. The van der Waals surface area contributed by atoms with Crippen LogP contribution in [0, 0.1) is 6.92 Å². The fourth-order valence-electron chi connectivity index (χ4n) is 3.10. The lowest BCUT2D eigenvalue weighted by Gasteiger charge is -2.14. The van der Waals surface area contributed by atoms with E-state index in [9.17, 15) is 4.79 Å². The molecule has 1 heterocycles. The lowest BCUT2D eigenvalue weighted by molar-refractivity contribution is 0.0991. The molecule has 0 N–H and O–H groups in total. The number of aromatic nitrogens is 3. The van der Waals surface area contributed by atoms with Gasteiger partial charge in [0.25, 0.3) is 0 Å². The number of hydrogen-bond acceptors (Lipinski definition) is 6. The monoisotopic (exact) mass is 423 g/mol. The van der Waals surface area contributed by atoms with Gasteiger partial charge in [-0.05, 0) is 32.0 Å². The Labute approximate surface area is 180 Å². The molecule has 1 aromatic heterocycles. The van der Waals surface area contributed by atoms with E-state index in [1.54, 1.807) is 31.4 Å². The molecule has 1 atom stereocenters. The maximum Gasteiger partial charge on any atom is 0.192 e. The molecular weight excluding hydrogens is 398 g/mol. The molecule has 0 unspecified atom stereocenters. The Morgan fingerprint density at radius 3 is 2.67 bits per heavy atom. The zero-order valence-electron chi connectivity index (χ0n) is 17.6. The van der Waals surface area contributed by atoms with Crippen LogP contribution in [0.1, 0.15) is 22.8 Å². The molecule has 0 saturated heterocycles. The van der Waals surface area contributed by atoms with E-state index in [-0.39, 0.29) is 11.0 Å². The average molecular weight is 424 g/mol. The summed E-state index contributed by atoms with van der Waals surface area (Å²) in [6, 6.07) is 13.3. The highest BCUT2D eigenvalue weighted by Gasteiger charge is 2.24. The number of aryl methyl sites for hydroxylation is 1. The van der Waals surface area contributed by atoms with Gasteiger partial charge in [0, 0.05) is 18.2 Å². The fourth-order valence-corrected chi connectivity index (χ4v) is 4.03. The van der Waals surface area contributed by atoms with Crippen molar-refractivity contribution in [3.8, 4) is 22.9 Å². The Bertz CT molecular complexity index is 1060. The van der Waals surface area contributed by atoms with E-state index < -0.39 is 0 Å². The minimum absolute atomic E-state index is 0.0511. The van der Waals surface area contributed by atoms with Crippen LogP contribution in [0.3, 0.4) is 0 Å². The van der Waals surface area contributed by atoms with Crippen LogP contribution in [0.15, 0.2) is 60.3 Å². The summed E-state index contributed by atoms with van der Waals surface area (Å²) in [5.41, 5.74) is 2.63. The number of hydrogen-bond donors (Lipinski definition) is 0. The molecular formula is C23H25N3O3S. The molecule has 0 aliphatic rings. The van der Waals surface area contributed by atoms with Crippen LogP contribution >= 0.6 is 11.8 Å². The molecule has 0 saturated carbocycles. The maximum atomic E-state index is 13.1. The first-order valence-electron chi connectivity index (χ1n) is 9.52. The third kappa shape index (κ3) is 4.57. The van der Waals surface area contributed by atoms with Crippen molar-refractivity contribution in [1.82, 2.24) is 14.8 Å². The van der Waals surface area contributed by atoms with E-state index in [1.807, 2.05) is 36.6 Å². The smallest absolute Gasteiger partial charge is 0.192 e. The number of thioether (sulfide) groups is 1. The highest BCUT2D eigenvalue weighted by atomic mass is 32.2. The van der Waals surface area contributed by atoms with Gasteiger partial charge in [0.05, 0.1) is 25.0 Å². The third-order valence-electron chi connectivity index (χ3n) is 4.63. The first-order valence-corrected chi connectivity index (χ1v) is 10.4. The molecule has 3 aromatic rings. The molecule has 30 heavy (non-hydrogen) atoms. The Morgan fingerprint density at radius 1 is 1.20 bits per heavy atom. The van der Waals surface area contributed by atoms with Crippen molar-refractivity contribution in [3.63, 3.8) is 0 Å². The van der Waals surface area contributed by atoms with E-state index in [1.165, 1.54) is 18.9 Å². The van der Waals surface area contributed by atoms with Crippen LogP contribution in [0.25, 0.3) is 11.4 Å². The highest BCUT2D eigenvalue weighted by molar-refractivity contribution is 8.00. The van der Waals surface area contributed by atoms with E-state index >= 15 is 0 Å². The molecule has 0 aliphatic heterocycles. The summed E-state index contributed by atoms with van der Waals surface area (Å²) in [7, 11) is 3.12. The molecule has 0 radical (unpaired) electrons. The summed E-state index contributed by atoms with van der Waals surface area (Å²) in [5.74, 6) is 1.82. The molecule has 0 amide bonds. The minimum Gasteiger partial charge on any atom is -0.497 e. The first-order chi connectivity index (χ1) is 14.5. The molecule has 0 fully saturated rings. The Balaban J connectivity index is 1.89. The number of allylic oxidation sites excluding steroid dienone is 1. The van der Waals surface area contributed by atoms with Crippen molar-refractivity contribution in [1.29, 1.82) is 0 Å². The van der Waals surface area contributed by atoms with Gasteiger partial charge in [0.2, 0.25) is 0 Å². The normalized spacial score (nSPS) is 11.7. The summed E-state index contributed by atoms with van der Waals surface area (Å²) in [6.45, 7) is 8.29. The number of ether oxygens (including phenoxy) is 2. The summed E-state index contributed by atoms with van der Waals surface area (Å²) >= 11 is 1.37. The third-order valence-corrected chi connectivity index (χ3v) is 5.71. The molecule has 3 rings (SSSR count). The quantitative estimate of drug-likeness (QED) is 0.279. The average Bonchev–Trinajstić information content (AvgIpc) is 3.15. The van der Waals surface area contributed by atoms with Gasteiger partial charge >= 0.3 is 0 Å². The van der Waals surface area contributed by atoms with Gasteiger partial charge in [0.1, 0.15) is 11.5 Å². The summed E-state index contributed by atoms with van der Waals surface area (Å²) in [4.78, 5) is 13.1. The first kappa shape index (κ1) is 21.6. The van der Waals surface area contributed by atoms with Gasteiger partial charge in [-0.25, -0.2) is 0 Å². The molecule has 156 valence electrons. The zero-order chi connectivity index (χ0) is 21.7. The fraction of sp³-hybridized carbons (Fsp3) is 0.261. The van der Waals surface area contributed by atoms with Crippen molar-refractivity contribution >= 4 is 17.5 Å². The van der Waals surface area contributed by atoms with Gasteiger partial charge in [-0.3, -0.25) is 9.36 Å². The Morgan fingerprint density at radius 2 is 2.00 bits per heavy atom. The van der Waals surface area contributed by atoms with Crippen LogP contribution in [0.2, 0.25) is 0 Å². The SMILES string of the molecule is C=CCn1c(S[C@H](C)C(=O)c2ccc(OC)cc2OC)nnc1-c1cccc(C)c1. The molecule has 0 aliphatic carbocycles. The Kier molecular flexibility index (Phi) is 6.95. The van der Waals surface area contributed by atoms with E-state index in [2.05, 4.69) is 22.8 Å². The second-order valence-electron chi connectivity index (χ2n) is 6.77. The number of ketones is 1. The predicted octanol–water partition coefficient (Wildman–Crippen LogP) is 4.82. The van der Waals surface area contributed by atoms with Gasteiger partial charge in [-0.2, -0.15) is 0 Å². The van der Waals surface area contributed by atoms with E-state index in [0.717, 1.165) is 17.0 Å². The summed E-state index contributed by atoms with van der Waals surface area (Å²) in [6.07, 6.45) is 1.80. The summed E-state index contributed by atoms with van der Waals surface area (Å²) < 4.78 is 12.6. The van der Waals surface area contributed by atoms with Crippen LogP contribution < -0.4 is 9.47 Å². The van der Waals surface area contributed by atoms with E-state index in [0.29, 0.717) is 28.8 Å². The number of carbonyl (C=O) groups excluding carboxylic acids is 1. The lowest BCUT2D eigenvalue weighted by atomic mass is 10.1. The maximum absolute atomic E-state index is 13.1. The van der Waals surface area contributed by atoms with Crippen molar-refractivity contribution in [2.45, 2.75) is 30.8 Å². The van der Waals surface area contributed by atoms with Crippen LogP contribution in [-0.4, -0.2) is 40.0 Å². The van der Waals surface area contributed by atoms with Crippen LogP contribution in [0.4, 0.5) is 0 Å². The Hall–Kier alpha value is -3.06. The topological polar surface area (TPSA) is 66.2 Å².